The van der Waals surface area contributed by atoms with Gasteiger partial charge < -0.3 is 0 Å². The Kier molecular flexibility index (Phi) is 4.48. The first-order valence-electron chi connectivity index (χ1n) is 8.86. The molecule has 1 aliphatic carbocycles. The molecule has 136 valence electrons. The molecule has 0 bridgehead atoms. The van der Waals surface area contributed by atoms with Gasteiger partial charge in [0, 0.05) is 0 Å². The van der Waals surface area contributed by atoms with Crippen LogP contribution in [-0.2, 0) is 22.1 Å². The summed E-state index contributed by atoms with van der Waals surface area (Å²) in [6.07, 6.45) is 0. The van der Waals surface area contributed by atoms with Crippen molar-refractivity contribution in [1.82, 2.24) is 4.98 Å². The molecule has 0 fully saturated rings. The summed E-state index contributed by atoms with van der Waals surface area (Å²) in [6, 6.07) is 11.0. The van der Waals surface area contributed by atoms with Crippen molar-refractivity contribution in [3.8, 4) is 11.3 Å². The van der Waals surface area contributed by atoms with Gasteiger partial charge in [-0.25, -0.2) is 0 Å². The summed E-state index contributed by atoms with van der Waals surface area (Å²) in [5.41, 5.74) is 8.64. The Hall–Kier alpha value is -0.267. The molecule has 1 heterocycles. The van der Waals surface area contributed by atoms with Gasteiger partial charge in [0.2, 0.25) is 0 Å². The zero-order chi connectivity index (χ0) is 19.0. The molecule has 2 aromatic carbocycles. The second-order valence-corrected chi connectivity index (χ2v) is 25.7. The maximum atomic E-state index is 6.61. The number of hydrogen-bond acceptors (Lipinski definition) is 0. The number of aromatic nitrogens is 1. The van der Waals surface area contributed by atoms with Gasteiger partial charge in [-0.05, 0) is 0 Å². The van der Waals surface area contributed by atoms with E-state index in [1.165, 1.54) is 44.4 Å². The number of halogens is 3. The van der Waals surface area contributed by atoms with Crippen LogP contribution in [0.1, 0.15) is 55.9 Å². The predicted molar refractivity (Wildman–Crippen MR) is 112 cm³/mol. The molecule has 26 heavy (non-hydrogen) atoms. The van der Waals surface area contributed by atoms with Gasteiger partial charge in [0.05, 0.1) is 0 Å². The Bertz CT molecular complexity index is 1040. The van der Waals surface area contributed by atoms with Crippen LogP contribution in [0.2, 0.25) is 0 Å². The van der Waals surface area contributed by atoms with E-state index in [-0.39, 0.29) is 11.3 Å². The van der Waals surface area contributed by atoms with E-state index in [1.807, 2.05) is 0 Å². The summed E-state index contributed by atoms with van der Waals surface area (Å²) < 4.78 is 1.00. The van der Waals surface area contributed by atoms with Crippen molar-refractivity contribution in [3.05, 3.63) is 52.6 Å². The molecule has 5 heteroatoms. The summed E-state index contributed by atoms with van der Waals surface area (Å²) in [5.74, 6) is 0.229. The predicted octanol–water partition coefficient (Wildman–Crippen LogP) is 7.15. The molecule has 4 rings (SSSR count). The molecule has 0 amide bonds. The number of H-pyrrole nitrogens is 1. The Morgan fingerprint density at radius 1 is 1.00 bits per heavy atom. The van der Waals surface area contributed by atoms with E-state index in [9.17, 15) is 0 Å². The van der Waals surface area contributed by atoms with E-state index >= 15 is 0 Å². The van der Waals surface area contributed by atoms with E-state index < -0.39 is 16.7 Å². The second-order valence-electron chi connectivity index (χ2n) is 8.42. The van der Waals surface area contributed by atoms with Crippen LogP contribution < -0.4 is 3.27 Å². The second kappa shape index (κ2) is 6.11. The summed E-state index contributed by atoms with van der Waals surface area (Å²) in [5, 5.41) is 1.28. The van der Waals surface area contributed by atoms with Crippen LogP contribution in [0.5, 0.6) is 0 Å². The maximum absolute atomic E-state index is 6.61. The third-order valence-electron chi connectivity index (χ3n) is 5.48. The molecule has 1 atom stereocenters. The number of rotatable bonds is 1. The molecular formula is C21H22Cl3NZr. The number of aromatic amines is 1. The number of benzene rings is 2. The van der Waals surface area contributed by atoms with Gasteiger partial charge >= 0.3 is 171 Å². The normalized spacial score (nSPS) is 16.8. The summed E-state index contributed by atoms with van der Waals surface area (Å²) in [4.78, 5) is 3.64. The van der Waals surface area contributed by atoms with Crippen LogP contribution in [-0.4, -0.2) is 4.98 Å². The minimum atomic E-state index is -3.84. The van der Waals surface area contributed by atoms with Gasteiger partial charge in [0.1, 0.15) is 0 Å². The first-order chi connectivity index (χ1) is 12.0. The Labute approximate surface area is 170 Å². The molecule has 1 nitrogen and oxygen atoms in total. The SMILES string of the molecule is Cc1ccc2[nH]c3c(c2c1)C(C)c1c-3cc(C(C)(C)C)c[c]1[Zr]([Cl])([Cl])[Cl]. The third kappa shape index (κ3) is 2.93. The molecule has 1 aliphatic rings. The van der Waals surface area contributed by atoms with Crippen LogP contribution in [0.3, 0.4) is 0 Å². The molecular weight excluding hydrogens is 464 g/mol. The molecule has 1 aromatic heterocycles. The van der Waals surface area contributed by atoms with Crippen LogP contribution in [0, 0.1) is 6.92 Å². The number of fused-ring (bicyclic) bond motifs is 5. The van der Waals surface area contributed by atoms with E-state index in [0.29, 0.717) is 0 Å². The monoisotopic (exact) mass is 483 g/mol. The molecule has 0 saturated heterocycles. The zero-order valence-corrected chi connectivity index (χ0v) is 20.3. The van der Waals surface area contributed by atoms with Gasteiger partial charge in [-0.2, -0.15) is 0 Å². The standard InChI is InChI=1S/C21H22N.3ClH.Zr/c1-12-6-9-18-17(10-12)19-13(2)15-8-7-14(21(3,4)5)11-16(15)20(19)22-18;;;;/h6-7,9-11,13,22H,1-5H3;3*1H;/q;;;;+3/p-3. The Morgan fingerprint density at radius 2 is 1.69 bits per heavy atom. The van der Waals surface area contributed by atoms with Crippen molar-refractivity contribution in [2.45, 2.75) is 46.0 Å². The molecule has 0 saturated carbocycles. The average molecular weight is 486 g/mol. The fourth-order valence-electron chi connectivity index (χ4n) is 4.13. The number of nitrogens with one attached hydrogen (secondary N) is 1. The molecule has 1 unspecified atom stereocenters. The molecule has 0 spiro atoms. The zero-order valence-electron chi connectivity index (χ0n) is 15.6. The third-order valence-corrected chi connectivity index (χ3v) is 11.6. The summed E-state index contributed by atoms with van der Waals surface area (Å²) in [6.45, 7) is 11.0. The van der Waals surface area contributed by atoms with Crippen molar-refractivity contribution >= 4 is 39.7 Å². The first-order valence-corrected chi connectivity index (χ1v) is 19.6. The minimum absolute atomic E-state index is 0.000159. The molecule has 3 aromatic rings. The van der Waals surface area contributed by atoms with Crippen molar-refractivity contribution in [2.75, 3.05) is 0 Å². The Morgan fingerprint density at radius 3 is 2.31 bits per heavy atom. The van der Waals surface area contributed by atoms with Gasteiger partial charge in [-0.3, -0.25) is 0 Å². The van der Waals surface area contributed by atoms with E-state index in [0.717, 1.165) is 3.27 Å². The van der Waals surface area contributed by atoms with E-state index in [2.05, 4.69) is 69.9 Å². The van der Waals surface area contributed by atoms with E-state index in [1.54, 1.807) is 0 Å². The van der Waals surface area contributed by atoms with Gasteiger partial charge in [0.15, 0.2) is 0 Å². The van der Waals surface area contributed by atoms with Gasteiger partial charge in [-0.15, -0.1) is 0 Å². The van der Waals surface area contributed by atoms with Crippen LogP contribution in [0.4, 0.5) is 0 Å². The molecule has 0 radical (unpaired) electrons. The van der Waals surface area contributed by atoms with Crippen LogP contribution in [0.25, 0.3) is 22.2 Å². The van der Waals surface area contributed by atoms with Crippen molar-refractivity contribution in [3.63, 3.8) is 0 Å². The fraction of sp³-hybridized carbons (Fsp3) is 0.333. The molecule has 1 N–H and O–H groups in total. The van der Waals surface area contributed by atoms with Gasteiger partial charge in [-0.1, -0.05) is 0 Å². The quantitative estimate of drug-likeness (QED) is 0.377. The Balaban J connectivity index is 2.09. The summed E-state index contributed by atoms with van der Waals surface area (Å²) >= 11 is -3.84. The van der Waals surface area contributed by atoms with E-state index in [4.69, 9.17) is 25.5 Å². The fourth-order valence-corrected chi connectivity index (χ4v) is 9.30. The summed E-state index contributed by atoms with van der Waals surface area (Å²) in [7, 11) is 19.8. The van der Waals surface area contributed by atoms with Crippen molar-refractivity contribution in [1.29, 1.82) is 0 Å². The van der Waals surface area contributed by atoms with Gasteiger partial charge in [0.25, 0.3) is 0 Å². The number of hydrogen-bond donors (Lipinski definition) is 1. The van der Waals surface area contributed by atoms with Crippen molar-refractivity contribution in [2.24, 2.45) is 0 Å². The first kappa shape index (κ1) is 19.1. The molecule has 0 aliphatic heterocycles. The van der Waals surface area contributed by atoms with Crippen LogP contribution >= 0.6 is 25.5 Å². The number of aryl methyl sites for hydroxylation is 1. The topological polar surface area (TPSA) is 15.8 Å². The van der Waals surface area contributed by atoms with Crippen LogP contribution in [0.15, 0.2) is 30.3 Å². The van der Waals surface area contributed by atoms with Crippen molar-refractivity contribution < 1.29 is 16.7 Å². The average Bonchev–Trinajstić information content (AvgIpc) is 3.01.